The quantitative estimate of drug-likeness (QED) is 0.911. The molecule has 0 bridgehead atoms. The molecule has 2 heterocycles. The van der Waals surface area contributed by atoms with Gasteiger partial charge >= 0.3 is 0 Å². The fourth-order valence-electron chi connectivity index (χ4n) is 2.34. The molecule has 18 heavy (non-hydrogen) atoms. The molecule has 0 aliphatic carbocycles. The molecule has 0 saturated carbocycles. The van der Waals surface area contributed by atoms with Crippen LogP contribution >= 0.6 is 11.3 Å². The average molecular weight is 268 g/mol. The number of aromatic nitrogens is 2. The summed E-state index contributed by atoms with van der Waals surface area (Å²) in [4.78, 5) is 2.42. The van der Waals surface area contributed by atoms with Crippen LogP contribution in [0.2, 0.25) is 0 Å². The Morgan fingerprint density at radius 1 is 1.44 bits per heavy atom. The first-order valence-electron chi connectivity index (χ1n) is 6.83. The van der Waals surface area contributed by atoms with Crippen molar-refractivity contribution in [3.63, 3.8) is 0 Å². The summed E-state index contributed by atoms with van der Waals surface area (Å²) in [6.07, 6.45) is 3.42. The summed E-state index contributed by atoms with van der Waals surface area (Å²) in [6, 6.07) is 1.20. The van der Waals surface area contributed by atoms with Crippen LogP contribution in [0.15, 0.2) is 0 Å². The van der Waals surface area contributed by atoms with Crippen LogP contribution in [0, 0.1) is 5.92 Å². The highest BCUT2D eigenvalue weighted by Gasteiger charge is 2.23. The van der Waals surface area contributed by atoms with Crippen LogP contribution in [-0.4, -0.2) is 40.8 Å². The van der Waals surface area contributed by atoms with E-state index in [2.05, 4.69) is 48.2 Å². The van der Waals surface area contributed by atoms with E-state index in [1.165, 1.54) is 12.8 Å². The zero-order chi connectivity index (χ0) is 13.1. The lowest BCUT2D eigenvalue weighted by Gasteiger charge is -2.35. The number of anilines is 1. The van der Waals surface area contributed by atoms with Crippen LogP contribution in [0.5, 0.6) is 0 Å². The molecule has 2 unspecified atom stereocenters. The molecular formula is C13H24N4S. The Morgan fingerprint density at radius 2 is 2.22 bits per heavy atom. The molecule has 2 atom stereocenters. The molecule has 1 aromatic heterocycles. The third kappa shape index (κ3) is 3.65. The highest BCUT2D eigenvalue weighted by molar-refractivity contribution is 7.15. The van der Waals surface area contributed by atoms with Gasteiger partial charge in [0.1, 0.15) is 5.01 Å². The number of nitrogens with zero attached hydrogens (tertiary/aromatic N) is 3. The van der Waals surface area contributed by atoms with Gasteiger partial charge in [-0.05, 0) is 32.7 Å². The molecule has 0 aromatic carbocycles. The number of hydrogen-bond acceptors (Lipinski definition) is 5. The lowest BCUT2D eigenvalue weighted by Crippen LogP contribution is -2.42. The number of nitrogens with one attached hydrogen (secondary N) is 1. The maximum absolute atomic E-state index is 4.25. The third-order valence-corrected chi connectivity index (χ3v) is 4.46. The molecule has 1 fully saturated rings. The van der Waals surface area contributed by atoms with E-state index in [0.717, 1.165) is 23.1 Å². The second-order valence-corrected chi connectivity index (χ2v) is 6.86. The molecule has 1 aliphatic rings. The van der Waals surface area contributed by atoms with Crippen LogP contribution in [0.25, 0.3) is 0 Å². The first kappa shape index (κ1) is 13.7. The van der Waals surface area contributed by atoms with Gasteiger partial charge in [-0.25, -0.2) is 0 Å². The van der Waals surface area contributed by atoms with Gasteiger partial charge in [0.05, 0.1) is 0 Å². The van der Waals surface area contributed by atoms with Crippen LogP contribution in [0.3, 0.4) is 0 Å². The second kappa shape index (κ2) is 5.97. The number of likely N-dealkylation sites (tertiary alicyclic amines) is 1. The minimum absolute atomic E-state index is 0.552. The lowest BCUT2D eigenvalue weighted by atomic mass is 9.99. The molecule has 0 spiro atoms. The maximum Gasteiger partial charge on any atom is 0.205 e. The Morgan fingerprint density at radius 3 is 2.89 bits per heavy atom. The van der Waals surface area contributed by atoms with Gasteiger partial charge in [-0.15, -0.1) is 10.2 Å². The van der Waals surface area contributed by atoms with Gasteiger partial charge < -0.3 is 10.2 Å². The van der Waals surface area contributed by atoms with Crippen molar-refractivity contribution < 1.29 is 0 Å². The summed E-state index contributed by atoms with van der Waals surface area (Å²) >= 11 is 1.71. The topological polar surface area (TPSA) is 41.1 Å². The lowest BCUT2D eigenvalue weighted by molar-refractivity contribution is 0.190. The van der Waals surface area contributed by atoms with E-state index in [4.69, 9.17) is 0 Å². The summed E-state index contributed by atoms with van der Waals surface area (Å²) in [5.74, 6) is 0.647. The first-order chi connectivity index (χ1) is 8.54. The van der Waals surface area contributed by atoms with Crippen molar-refractivity contribution in [2.45, 2.75) is 52.1 Å². The standard InChI is InChI=1S/C13H24N4S/c1-9(2)7-12-15-16-13(18-12)14-11-5-6-17(4)10(3)8-11/h9-11H,5-8H2,1-4H3,(H,14,16). The Labute approximate surface area is 114 Å². The van der Waals surface area contributed by atoms with Crippen molar-refractivity contribution in [1.29, 1.82) is 0 Å². The predicted molar refractivity (Wildman–Crippen MR) is 77.2 cm³/mol. The van der Waals surface area contributed by atoms with Crippen molar-refractivity contribution in [2.24, 2.45) is 5.92 Å². The predicted octanol–water partition coefficient (Wildman–Crippen LogP) is 2.63. The molecule has 0 amide bonds. The largest absolute Gasteiger partial charge is 0.357 e. The van der Waals surface area contributed by atoms with Crippen molar-refractivity contribution >= 4 is 16.5 Å². The van der Waals surface area contributed by atoms with Gasteiger partial charge in [0.15, 0.2) is 0 Å². The van der Waals surface area contributed by atoms with Gasteiger partial charge in [0.2, 0.25) is 5.13 Å². The van der Waals surface area contributed by atoms with Crippen LogP contribution < -0.4 is 5.32 Å². The van der Waals surface area contributed by atoms with Crippen LogP contribution in [-0.2, 0) is 6.42 Å². The highest BCUT2D eigenvalue weighted by atomic mass is 32.1. The van der Waals surface area contributed by atoms with E-state index >= 15 is 0 Å². The SMILES string of the molecule is CC(C)Cc1nnc(NC2CCN(C)C(C)C2)s1. The fraction of sp³-hybridized carbons (Fsp3) is 0.846. The minimum Gasteiger partial charge on any atom is -0.357 e. The number of rotatable bonds is 4. The average Bonchev–Trinajstić information content (AvgIpc) is 2.70. The summed E-state index contributed by atoms with van der Waals surface area (Å²) in [7, 11) is 2.20. The van der Waals surface area contributed by atoms with Crippen molar-refractivity contribution in [3.05, 3.63) is 5.01 Å². The van der Waals surface area contributed by atoms with E-state index in [1.807, 2.05) is 0 Å². The normalized spacial score (nSPS) is 25.6. The minimum atomic E-state index is 0.552. The molecule has 102 valence electrons. The third-order valence-electron chi connectivity index (χ3n) is 3.59. The summed E-state index contributed by atoms with van der Waals surface area (Å²) in [5, 5.41) is 14.2. The van der Waals surface area contributed by atoms with Gasteiger partial charge in [0.25, 0.3) is 0 Å². The summed E-state index contributed by atoms with van der Waals surface area (Å²) in [6.45, 7) is 7.88. The van der Waals surface area contributed by atoms with Crippen molar-refractivity contribution in [2.75, 3.05) is 18.9 Å². The zero-order valence-corrected chi connectivity index (χ0v) is 12.6. The Kier molecular flexibility index (Phi) is 4.56. The van der Waals surface area contributed by atoms with Gasteiger partial charge in [0, 0.05) is 25.0 Å². The monoisotopic (exact) mass is 268 g/mol. The Bertz CT molecular complexity index is 377. The highest BCUT2D eigenvalue weighted by Crippen LogP contribution is 2.23. The van der Waals surface area contributed by atoms with Crippen molar-refractivity contribution in [1.82, 2.24) is 15.1 Å². The molecule has 1 N–H and O–H groups in total. The van der Waals surface area contributed by atoms with E-state index in [0.29, 0.717) is 18.0 Å². The Hall–Kier alpha value is -0.680. The van der Waals surface area contributed by atoms with Crippen LogP contribution in [0.4, 0.5) is 5.13 Å². The molecule has 1 aliphatic heterocycles. The smallest absolute Gasteiger partial charge is 0.205 e. The Balaban J connectivity index is 1.87. The molecule has 2 rings (SSSR count). The summed E-state index contributed by atoms with van der Waals surface area (Å²) in [5.41, 5.74) is 0. The summed E-state index contributed by atoms with van der Waals surface area (Å²) < 4.78 is 0. The van der Waals surface area contributed by atoms with E-state index < -0.39 is 0 Å². The van der Waals surface area contributed by atoms with E-state index in [9.17, 15) is 0 Å². The van der Waals surface area contributed by atoms with Crippen molar-refractivity contribution in [3.8, 4) is 0 Å². The van der Waals surface area contributed by atoms with Gasteiger partial charge in [-0.1, -0.05) is 25.2 Å². The fourth-order valence-corrected chi connectivity index (χ4v) is 3.37. The molecule has 0 radical (unpaired) electrons. The molecule has 4 nitrogen and oxygen atoms in total. The maximum atomic E-state index is 4.25. The molecule has 1 aromatic rings. The second-order valence-electron chi connectivity index (χ2n) is 5.79. The van der Waals surface area contributed by atoms with E-state index in [1.54, 1.807) is 11.3 Å². The van der Waals surface area contributed by atoms with Gasteiger partial charge in [-0.3, -0.25) is 0 Å². The molecular weight excluding hydrogens is 244 g/mol. The first-order valence-corrected chi connectivity index (χ1v) is 7.65. The zero-order valence-electron chi connectivity index (χ0n) is 11.8. The van der Waals surface area contributed by atoms with Gasteiger partial charge in [-0.2, -0.15) is 0 Å². The molecule has 1 saturated heterocycles. The van der Waals surface area contributed by atoms with Crippen LogP contribution in [0.1, 0.15) is 38.6 Å². The van der Waals surface area contributed by atoms with E-state index in [-0.39, 0.29) is 0 Å². The number of hydrogen-bond donors (Lipinski definition) is 1. The molecule has 5 heteroatoms. The number of piperidine rings is 1.